The number of rotatable bonds is 7. The highest BCUT2D eigenvalue weighted by Gasteiger charge is 1.93. The molecular formula is C9H21NO. The highest BCUT2D eigenvalue weighted by Crippen LogP contribution is 2.02. The van der Waals surface area contributed by atoms with Gasteiger partial charge < -0.3 is 10.1 Å². The van der Waals surface area contributed by atoms with Crippen molar-refractivity contribution in [2.45, 2.75) is 26.7 Å². The zero-order valence-electron chi connectivity index (χ0n) is 8.02. The van der Waals surface area contributed by atoms with Crippen LogP contribution in [0.2, 0.25) is 0 Å². The van der Waals surface area contributed by atoms with Gasteiger partial charge in [0.1, 0.15) is 0 Å². The average molecular weight is 159 g/mol. The van der Waals surface area contributed by atoms with Gasteiger partial charge in [-0.1, -0.05) is 13.8 Å². The van der Waals surface area contributed by atoms with Gasteiger partial charge in [-0.2, -0.15) is 0 Å². The van der Waals surface area contributed by atoms with Crippen LogP contribution in [0, 0.1) is 5.92 Å². The molecule has 0 atom stereocenters. The molecule has 1 N–H and O–H groups in total. The normalized spacial score (nSPS) is 10.9. The smallest absolute Gasteiger partial charge is 0.0590 e. The van der Waals surface area contributed by atoms with Crippen LogP contribution >= 0.6 is 0 Å². The third kappa shape index (κ3) is 9.92. The van der Waals surface area contributed by atoms with E-state index in [0.29, 0.717) is 0 Å². The first kappa shape index (κ1) is 10.9. The molecule has 0 saturated heterocycles. The highest BCUT2D eigenvalue weighted by atomic mass is 16.5. The Morgan fingerprint density at radius 3 is 2.55 bits per heavy atom. The van der Waals surface area contributed by atoms with Gasteiger partial charge in [-0.25, -0.2) is 0 Å². The summed E-state index contributed by atoms with van der Waals surface area (Å²) in [5, 5.41) is 3.04. The van der Waals surface area contributed by atoms with Gasteiger partial charge in [-0.05, 0) is 25.8 Å². The summed E-state index contributed by atoms with van der Waals surface area (Å²) in [6, 6.07) is 0. The van der Waals surface area contributed by atoms with Gasteiger partial charge in [0.15, 0.2) is 0 Å². The minimum atomic E-state index is 0.808. The topological polar surface area (TPSA) is 21.3 Å². The van der Waals surface area contributed by atoms with Gasteiger partial charge in [-0.3, -0.25) is 0 Å². The Hall–Kier alpha value is -0.0800. The standard InChI is InChI=1S/C9H21NO/c1-9(2)5-4-7-11-8-6-10-3/h9-10H,4-8H2,1-3H3. The van der Waals surface area contributed by atoms with Crippen molar-refractivity contribution in [3.63, 3.8) is 0 Å². The fourth-order valence-corrected chi connectivity index (χ4v) is 0.870. The molecule has 0 fully saturated rings. The molecule has 0 radical (unpaired) electrons. The van der Waals surface area contributed by atoms with Gasteiger partial charge in [0.2, 0.25) is 0 Å². The third-order valence-corrected chi connectivity index (χ3v) is 1.57. The van der Waals surface area contributed by atoms with Crippen molar-refractivity contribution in [1.29, 1.82) is 0 Å². The second-order valence-corrected chi connectivity index (χ2v) is 3.25. The van der Waals surface area contributed by atoms with E-state index >= 15 is 0 Å². The molecule has 0 rings (SSSR count). The second kappa shape index (κ2) is 8.02. The predicted octanol–water partition coefficient (Wildman–Crippen LogP) is 1.66. The minimum Gasteiger partial charge on any atom is -0.380 e. The Morgan fingerprint density at radius 1 is 1.27 bits per heavy atom. The van der Waals surface area contributed by atoms with Crippen LogP contribution in [-0.4, -0.2) is 26.8 Å². The number of ether oxygens (including phenoxy) is 1. The number of hydrogen-bond acceptors (Lipinski definition) is 2. The molecule has 0 saturated carbocycles. The monoisotopic (exact) mass is 159 g/mol. The van der Waals surface area contributed by atoms with Gasteiger partial charge in [0.25, 0.3) is 0 Å². The zero-order chi connectivity index (χ0) is 8.53. The van der Waals surface area contributed by atoms with Crippen LogP contribution in [-0.2, 0) is 4.74 Å². The average Bonchev–Trinajstić information content (AvgIpc) is 1.96. The summed E-state index contributed by atoms with van der Waals surface area (Å²) in [6.45, 7) is 7.21. The Labute approximate surface area is 70.3 Å². The fourth-order valence-electron chi connectivity index (χ4n) is 0.870. The summed E-state index contributed by atoms with van der Waals surface area (Å²) < 4.78 is 5.36. The Bertz CT molecular complexity index is 74.0. The van der Waals surface area contributed by atoms with E-state index < -0.39 is 0 Å². The molecule has 0 spiro atoms. The molecule has 0 heterocycles. The van der Waals surface area contributed by atoms with E-state index in [1.807, 2.05) is 7.05 Å². The van der Waals surface area contributed by atoms with Crippen LogP contribution in [0.5, 0.6) is 0 Å². The first-order valence-corrected chi connectivity index (χ1v) is 4.49. The largest absolute Gasteiger partial charge is 0.380 e. The van der Waals surface area contributed by atoms with Crippen molar-refractivity contribution in [3.05, 3.63) is 0 Å². The number of likely N-dealkylation sites (N-methyl/N-ethyl adjacent to an activating group) is 1. The van der Waals surface area contributed by atoms with Crippen molar-refractivity contribution >= 4 is 0 Å². The quantitative estimate of drug-likeness (QED) is 0.570. The first-order valence-electron chi connectivity index (χ1n) is 4.49. The molecule has 0 amide bonds. The van der Waals surface area contributed by atoms with E-state index in [2.05, 4.69) is 19.2 Å². The SMILES string of the molecule is CNCCOCCCC(C)C. The number of hydrogen-bond donors (Lipinski definition) is 1. The van der Waals surface area contributed by atoms with Crippen molar-refractivity contribution in [1.82, 2.24) is 5.32 Å². The molecule has 68 valence electrons. The van der Waals surface area contributed by atoms with E-state index in [4.69, 9.17) is 4.74 Å². The van der Waals surface area contributed by atoms with Gasteiger partial charge in [-0.15, -0.1) is 0 Å². The number of nitrogens with one attached hydrogen (secondary N) is 1. The molecule has 0 bridgehead atoms. The van der Waals surface area contributed by atoms with Gasteiger partial charge in [0, 0.05) is 13.2 Å². The molecule has 0 aromatic heterocycles. The molecular weight excluding hydrogens is 138 g/mol. The summed E-state index contributed by atoms with van der Waals surface area (Å²) >= 11 is 0. The lowest BCUT2D eigenvalue weighted by molar-refractivity contribution is 0.131. The van der Waals surface area contributed by atoms with E-state index in [-0.39, 0.29) is 0 Å². The molecule has 0 aliphatic carbocycles. The lowest BCUT2D eigenvalue weighted by Gasteiger charge is -2.05. The molecule has 0 aliphatic heterocycles. The lowest BCUT2D eigenvalue weighted by atomic mass is 10.1. The maximum Gasteiger partial charge on any atom is 0.0590 e. The molecule has 0 unspecified atom stereocenters. The van der Waals surface area contributed by atoms with Crippen molar-refractivity contribution in [3.8, 4) is 0 Å². The van der Waals surface area contributed by atoms with Crippen LogP contribution in [0.15, 0.2) is 0 Å². The molecule has 2 heteroatoms. The third-order valence-electron chi connectivity index (χ3n) is 1.57. The molecule has 11 heavy (non-hydrogen) atoms. The maximum atomic E-state index is 5.36. The first-order chi connectivity index (χ1) is 5.27. The van der Waals surface area contributed by atoms with E-state index in [1.165, 1.54) is 12.8 Å². The molecule has 0 aromatic rings. The maximum absolute atomic E-state index is 5.36. The van der Waals surface area contributed by atoms with Crippen LogP contribution < -0.4 is 5.32 Å². The van der Waals surface area contributed by atoms with Crippen LogP contribution in [0.1, 0.15) is 26.7 Å². The summed E-state index contributed by atoms with van der Waals surface area (Å²) in [6.07, 6.45) is 2.47. The van der Waals surface area contributed by atoms with Crippen LogP contribution in [0.3, 0.4) is 0 Å². The minimum absolute atomic E-state index is 0.808. The molecule has 2 nitrogen and oxygen atoms in total. The van der Waals surface area contributed by atoms with E-state index in [9.17, 15) is 0 Å². The summed E-state index contributed by atoms with van der Waals surface area (Å²) in [5.74, 6) is 0.808. The van der Waals surface area contributed by atoms with Crippen LogP contribution in [0.4, 0.5) is 0 Å². The van der Waals surface area contributed by atoms with E-state index in [1.54, 1.807) is 0 Å². The summed E-state index contributed by atoms with van der Waals surface area (Å²) in [4.78, 5) is 0. The van der Waals surface area contributed by atoms with E-state index in [0.717, 1.165) is 25.7 Å². The van der Waals surface area contributed by atoms with Gasteiger partial charge >= 0.3 is 0 Å². The predicted molar refractivity (Wildman–Crippen MR) is 48.8 cm³/mol. The second-order valence-electron chi connectivity index (χ2n) is 3.25. The van der Waals surface area contributed by atoms with Crippen molar-refractivity contribution in [2.24, 2.45) is 5.92 Å². The molecule has 0 aliphatic rings. The summed E-state index contributed by atoms with van der Waals surface area (Å²) in [5.41, 5.74) is 0. The van der Waals surface area contributed by atoms with Crippen LogP contribution in [0.25, 0.3) is 0 Å². The Kier molecular flexibility index (Phi) is 7.96. The summed E-state index contributed by atoms with van der Waals surface area (Å²) in [7, 11) is 1.94. The van der Waals surface area contributed by atoms with Gasteiger partial charge in [0.05, 0.1) is 6.61 Å². The van der Waals surface area contributed by atoms with Crippen molar-refractivity contribution < 1.29 is 4.74 Å². The Balaban J connectivity index is 2.80. The zero-order valence-corrected chi connectivity index (χ0v) is 8.02. The highest BCUT2D eigenvalue weighted by molar-refractivity contribution is 4.45. The Morgan fingerprint density at radius 2 is 2.00 bits per heavy atom. The molecule has 0 aromatic carbocycles. The van der Waals surface area contributed by atoms with Crippen molar-refractivity contribution in [2.75, 3.05) is 26.8 Å². The lowest BCUT2D eigenvalue weighted by Crippen LogP contribution is -2.14. The fraction of sp³-hybridized carbons (Fsp3) is 1.00.